The SMILES string of the molecule is CCNc1nnc(-c2ccccc2F)nc1-c1cccc(Cl)c1. The van der Waals surface area contributed by atoms with Gasteiger partial charge in [-0.15, -0.1) is 10.2 Å². The summed E-state index contributed by atoms with van der Waals surface area (Å²) in [6, 6.07) is 13.6. The van der Waals surface area contributed by atoms with Crippen molar-refractivity contribution in [3.8, 4) is 22.6 Å². The molecule has 1 aromatic heterocycles. The molecule has 4 nitrogen and oxygen atoms in total. The van der Waals surface area contributed by atoms with Crippen molar-refractivity contribution < 1.29 is 4.39 Å². The van der Waals surface area contributed by atoms with Gasteiger partial charge in [0.2, 0.25) is 0 Å². The number of halogens is 2. The first-order valence-corrected chi connectivity index (χ1v) is 7.56. The summed E-state index contributed by atoms with van der Waals surface area (Å²) in [5, 5.41) is 11.9. The van der Waals surface area contributed by atoms with Crippen LogP contribution in [0.5, 0.6) is 0 Å². The highest BCUT2D eigenvalue weighted by atomic mass is 35.5. The quantitative estimate of drug-likeness (QED) is 0.769. The number of hydrogen-bond donors (Lipinski definition) is 1. The van der Waals surface area contributed by atoms with E-state index in [0.29, 0.717) is 28.6 Å². The molecule has 3 aromatic rings. The number of nitrogens with one attached hydrogen (secondary N) is 1. The molecule has 0 aliphatic carbocycles. The van der Waals surface area contributed by atoms with Crippen molar-refractivity contribution in [2.75, 3.05) is 11.9 Å². The van der Waals surface area contributed by atoms with Gasteiger partial charge in [0.15, 0.2) is 11.6 Å². The van der Waals surface area contributed by atoms with Gasteiger partial charge >= 0.3 is 0 Å². The van der Waals surface area contributed by atoms with Crippen LogP contribution in [0.2, 0.25) is 5.02 Å². The maximum Gasteiger partial charge on any atom is 0.185 e. The highest BCUT2D eigenvalue weighted by molar-refractivity contribution is 6.30. The molecule has 0 bridgehead atoms. The molecule has 0 aliphatic rings. The molecule has 6 heteroatoms. The molecule has 0 saturated carbocycles. The van der Waals surface area contributed by atoms with E-state index in [9.17, 15) is 4.39 Å². The van der Waals surface area contributed by atoms with Gasteiger partial charge in [-0.2, -0.15) is 0 Å². The largest absolute Gasteiger partial charge is 0.367 e. The van der Waals surface area contributed by atoms with Gasteiger partial charge in [-0.1, -0.05) is 35.9 Å². The van der Waals surface area contributed by atoms with Crippen LogP contribution in [0.15, 0.2) is 48.5 Å². The molecule has 0 radical (unpaired) electrons. The molecule has 2 aromatic carbocycles. The van der Waals surface area contributed by atoms with Crippen LogP contribution < -0.4 is 5.32 Å². The average molecular weight is 329 g/mol. The fraction of sp³-hybridized carbons (Fsp3) is 0.118. The molecule has 23 heavy (non-hydrogen) atoms. The van der Waals surface area contributed by atoms with Crippen LogP contribution >= 0.6 is 11.6 Å². The molecular weight excluding hydrogens is 315 g/mol. The van der Waals surface area contributed by atoms with E-state index in [2.05, 4.69) is 20.5 Å². The first kappa shape index (κ1) is 15.4. The molecule has 116 valence electrons. The molecule has 0 saturated heterocycles. The Morgan fingerprint density at radius 3 is 2.65 bits per heavy atom. The lowest BCUT2D eigenvalue weighted by atomic mass is 10.1. The molecule has 3 rings (SSSR count). The van der Waals surface area contributed by atoms with Crippen LogP contribution in [0.4, 0.5) is 10.2 Å². The number of nitrogens with zero attached hydrogens (tertiary/aromatic N) is 3. The van der Waals surface area contributed by atoms with Crippen LogP contribution in [0.1, 0.15) is 6.92 Å². The van der Waals surface area contributed by atoms with Crippen molar-refractivity contribution in [2.45, 2.75) is 6.92 Å². The van der Waals surface area contributed by atoms with Gasteiger partial charge in [0.1, 0.15) is 11.5 Å². The zero-order valence-electron chi connectivity index (χ0n) is 12.4. The van der Waals surface area contributed by atoms with Crippen molar-refractivity contribution in [1.29, 1.82) is 0 Å². The molecule has 1 N–H and O–H groups in total. The average Bonchev–Trinajstić information content (AvgIpc) is 2.56. The standard InChI is InChI=1S/C17H14ClFN4/c1-2-20-17-15(11-6-5-7-12(18)10-11)21-16(22-23-17)13-8-3-4-9-14(13)19/h3-10H,2H2,1H3,(H,20,23). The molecule has 0 atom stereocenters. The summed E-state index contributed by atoms with van der Waals surface area (Å²) in [5.74, 6) is 0.386. The maximum absolute atomic E-state index is 14.0. The minimum absolute atomic E-state index is 0.236. The Balaban J connectivity index is 2.16. The third-order valence-corrected chi connectivity index (χ3v) is 3.48. The predicted octanol–water partition coefficient (Wildman–Crippen LogP) is 4.43. The molecular formula is C17H14ClFN4. The Bertz CT molecular complexity index is 838. The van der Waals surface area contributed by atoms with Crippen molar-refractivity contribution in [1.82, 2.24) is 15.2 Å². The van der Waals surface area contributed by atoms with Crippen LogP contribution in [0.3, 0.4) is 0 Å². The number of rotatable bonds is 4. The summed E-state index contributed by atoms with van der Waals surface area (Å²) in [5.41, 5.74) is 1.69. The summed E-state index contributed by atoms with van der Waals surface area (Å²) in [6.07, 6.45) is 0. The van der Waals surface area contributed by atoms with Crippen LogP contribution in [-0.4, -0.2) is 21.7 Å². The van der Waals surface area contributed by atoms with Crippen molar-refractivity contribution in [2.24, 2.45) is 0 Å². The zero-order chi connectivity index (χ0) is 16.2. The van der Waals surface area contributed by atoms with Crippen LogP contribution in [0.25, 0.3) is 22.6 Å². The minimum atomic E-state index is -0.387. The van der Waals surface area contributed by atoms with Crippen LogP contribution in [0, 0.1) is 5.82 Å². The lowest BCUT2D eigenvalue weighted by molar-refractivity contribution is 0.629. The second-order valence-corrected chi connectivity index (χ2v) is 5.29. The lowest BCUT2D eigenvalue weighted by Gasteiger charge is -2.10. The highest BCUT2D eigenvalue weighted by Gasteiger charge is 2.14. The van der Waals surface area contributed by atoms with Gasteiger partial charge in [0.25, 0.3) is 0 Å². The van der Waals surface area contributed by atoms with E-state index in [1.165, 1.54) is 6.07 Å². The van der Waals surface area contributed by atoms with Gasteiger partial charge in [0.05, 0.1) is 5.56 Å². The monoisotopic (exact) mass is 328 g/mol. The number of anilines is 1. The van der Waals surface area contributed by atoms with E-state index in [4.69, 9.17) is 11.6 Å². The van der Waals surface area contributed by atoms with Gasteiger partial charge in [-0.25, -0.2) is 9.37 Å². The molecule has 0 fully saturated rings. The first-order valence-electron chi connectivity index (χ1n) is 7.18. The summed E-state index contributed by atoms with van der Waals surface area (Å²) < 4.78 is 14.0. The minimum Gasteiger partial charge on any atom is -0.367 e. The zero-order valence-corrected chi connectivity index (χ0v) is 13.2. The Morgan fingerprint density at radius 2 is 1.91 bits per heavy atom. The van der Waals surface area contributed by atoms with Crippen molar-refractivity contribution in [3.05, 3.63) is 59.4 Å². The number of benzene rings is 2. The van der Waals surface area contributed by atoms with E-state index in [-0.39, 0.29) is 11.6 Å². The van der Waals surface area contributed by atoms with E-state index < -0.39 is 0 Å². The van der Waals surface area contributed by atoms with E-state index in [1.807, 2.05) is 19.1 Å². The van der Waals surface area contributed by atoms with Gasteiger partial charge < -0.3 is 5.32 Å². The molecule has 1 heterocycles. The fourth-order valence-electron chi connectivity index (χ4n) is 2.21. The Morgan fingerprint density at radius 1 is 1.09 bits per heavy atom. The predicted molar refractivity (Wildman–Crippen MR) is 89.8 cm³/mol. The fourth-order valence-corrected chi connectivity index (χ4v) is 2.40. The number of aromatic nitrogens is 3. The normalized spacial score (nSPS) is 10.6. The van der Waals surface area contributed by atoms with Gasteiger partial charge in [-0.3, -0.25) is 0 Å². The van der Waals surface area contributed by atoms with E-state index in [0.717, 1.165) is 5.56 Å². The third-order valence-electron chi connectivity index (χ3n) is 3.24. The summed E-state index contributed by atoms with van der Waals surface area (Å²) >= 11 is 6.06. The lowest BCUT2D eigenvalue weighted by Crippen LogP contribution is -2.06. The van der Waals surface area contributed by atoms with Crippen molar-refractivity contribution >= 4 is 17.4 Å². The summed E-state index contributed by atoms with van der Waals surface area (Å²) in [4.78, 5) is 4.50. The Labute approximate surface area is 138 Å². The summed E-state index contributed by atoms with van der Waals surface area (Å²) in [6.45, 7) is 2.62. The molecule has 0 unspecified atom stereocenters. The number of hydrogen-bond acceptors (Lipinski definition) is 4. The van der Waals surface area contributed by atoms with E-state index in [1.54, 1.807) is 30.3 Å². The highest BCUT2D eigenvalue weighted by Crippen LogP contribution is 2.28. The second-order valence-electron chi connectivity index (χ2n) is 4.85. The van der Waals surface area contributed by atoms with E-state index >= 15 is 0 Å². The van der Waals surface area contributed by atoms with Gasteiger partial charge in [0, 0.05) is 17.1 Å². The van der Waals surface area contributed by atoms with Crippen LogP contribution in [-0.2, 0) is 0 Å². The maximum atomic E-state index is 14.0. The summed E-state index contributed by atoms with van der Waals surface area (Å²) in [7, 11) is 0. The third kappa shape index (κ3) is 3.29. The Hall–Kier alpha value is -2.53. The molecule has 0 aliphatic heterocycles. The first-order chi connectivity index (χ1) is 11.2. The smallest absolute Gasteiger partial charge is 0.185 e. The molecule has 0 amide bonds. The molecule has 0 spiro atoms. The topological polar surface area (TPSA) is 50.7 Å². The van der Waals surface area contributed by atoms with Gasteiger partial charge in [-0.05, 0) is 31.2 Å². The second kappa shape index (κ2) is 6.71. The Kier molecular flexibility index (Phi) is 4.48. The van der Waals surface area contributed by atoms with Crippen molar-refractivity contribution in [3.63, 3.8) is 0 Å².